The minimum absolute atomic E-state index is 0. The highest BCUT2D eigenvalue weighted by Gasteiger charge is 2.09. The monoisotopic (exact) mass is 226 g/mol. The predicted octanol–water partition coefficient (Wildman–Crippen LogP) is 1.70. The largest absolute Gasteiger partial charge is 0.481 e. The standard InChI is InChI=1S/C7H8F2N2O2.ClH/c1-12-6-2-5(13-7(8)9)4(10)3-11-6;/h2-3,7H,10H2,1H3;1H. The maximum absolute atomic E-state index is 11.8. The molecule has 0 aliphatic rings. The molecule has 0 saturated heterocycles. The van der Waals surface area contributed by atoms with Gasteiger partial charge in [-0.2, -0.15) is 8.78 Å². The molecule has 0 radical (unpaired) electrons. The Kier molecular flexibility index (Phi) is 4.93. The lowest BCUT2D eigenvalue weighted by Crippen LogP contribution is -2.05. The first-order valence-electron chi connectivity index (χ1n) is 3.38. The number of anilines is 1. The van der Waals surface area contributed by atoms with Crippen molar-refractivity contribution in [3.63, 3.8) is 0 Å². The van der Waals surface area contributed by atoms with Gasteiger partial charge in [0.1, 0.15) is 0 Å². The molecule has 0 amide bonds. The van der Waals surface area contributed by atoms with Crippen LogP contribution in [-0.4, -0.2) is 18.7 Å². The van der Waals surface area contributed by atoms with E-state index >= 15 is 0 Å². The minimum Gasteiger partial charge on any atom is -0.481 e. The van der Waals surface area contributed by atoms with Crippen molar-refractivity contribution >= 4 is 18.1 Å². The first-order valence-corrected chi connectivity index (χ1v) is 3.38. The summed E-state index contributed by atoms with van der Waals surface area (Å²) in [5.41, 5.74) is 5.36. The van der Waals surface area contributed by atoms with Gasteiger partial charge in [-0.1, -0.05) is 0 Å². The van der Waals surface area contributed by atoms with Crippen molar-refractivity contribution in [1.82, 2.24) is 4.98 Å². The highest BCUT2D eigenvalue weighted by atomic mass is 35.5. The molecule has 0 saturated carbocycles. The Hall–Kier alpha value is -1.30. The van der Waals surface area contributed by atoms with E-state index in [1.165, 1.54) is 19.4 Å². The Bertz CT molecular complexity index is 299. The third-order valence-electron chi connectivity index (χ3n) is 1.30. The van der Waals surface area contributed by atoms with Crippen LogP contribution in [0.2, 0.25) is 0 Å². The van der Waals surface area contributed by atoms with E-state index in [-0.39, 0.29) is 29.7 Å². The van der Waals surface area contributed by atoms with Gasteiger partial charge in [0.25, 0.3) is 0 Å². The number of nitrogens with two attached hydrogens (primary N) is 1. The number of nitrogens with zero attached hydrogens (tertiary/aromatic N) is 1. The number of methoxy groups -OCH3 is 1. The van der Waals surface area contributed by atoms with E-state index in [2.05, 4.69) is 9.72 Å². The fourth-order valence-electron chi connectivity index (χ4n) is 0.739. The van der Waals surface area contributed by atoms with Crippen LogP contribution < -0.4 is 15.2 Å². The lowest BCUT2D eigenvalue weighted by atomic mass is 10.4. The molecule has 14 heavy (non-hydrogen) atoms. The van der Waals surface area contributed by atoms with Crippen LogP contribution in [0.3, 0.4) is 0 Å². The first kappa shape index (κ1) is 12.7. The number of ether oxygens (including phenoxy) is 2. The zero-order valence-corrected chi connectivity index (χ0v) is 8.05. The Labute approximate surface area is 85.4 Å². The molecule has 1 aromatic heterocycles. The summed E-state index contributed by atoms with van der Waals surface area (Å²) in [6.07, 6.45) is 1.19. The summed E-state index contributed by atoms with van der Waals surface area (Å²) >= 11 is 0. The van der Waals surface area contributed by atoms with Crippen molar-refractivity contribution in [1.29, 1.82) is 0 Å². The predicted molar refractivity (Wildman–Crippen MR) is 49.1 cm³/mol. The summed E-state index contributed by atoms with van der Waals surface area (Å²) < 4.78 is 32.4. The number of pyridine rings is 1. The van der Waals surface area contributed by atoms with Crippen LogP contribution in [0.5, 0.6) is 11.6 Å². The second-order valence-corrected chi connectivity index (χ2v) is 2.14. The Morgan fingerprint density at radius 2 is 2.14 bits per heavy atom. The van der Waals surface area contributed by atoms with Gasteiger partial charge >= 0.3 is 6.61 Å². The van der Waals surface area contributed by atoms with Crippen molar-refractivity contribution < 1.29 is 18.3 Å². The fraction of sp³-hybridized carbons (Fsp3) is 0.286. The summed E-state index contributed by atoms with van der Waals surface area (Å²) in [5, 5.41) is 0. The van der Waals surface area contributed by atoms with Crippen LogP contribution in [0.4, 0.5) is 14.5 Å². The Balaban J connectivity index is 0.00000169. The van der Waals surface area contributed by atoms with Gasteiger partial charge in [0.2, 0.25) is 5.88 Å². The van der Waals surface area contributed by atoms with Crippen molar-refractivity contribution in [2.75, 3.05) is 12.8 Å². The third-order valence-corrected chi connectivity index (χ3v) is 1.30. The molecule has 0 aliphatic heterocycles. The molecule has 1 heterocycles. The Morgan fingerprint density at radius 1 is 1.50 bits per heavy atom. The second-order valence-electron chi connectivity index (χ2n) is 2.14. The second kappa shape index (κ2) is 5.43. The van der Waals surface area contributed by atoms with Crippen LogP contribution in [0.25, 0.3) is 0 Å². The van der Waals surface area contributed by atoms with Crippen LogP contribution in [0.1, 0.15) is 0 Å². The molecule has 0 unspecified atom stereocenters. The maximum atomic E-state index is 11.8. The van der Waals surface area contributed by atoms with Crippen molar-refractivity contribution in [2.24, 2.45) is 0 Å². The van der Waals surface area contributed by atoms with E-state index in [0.29, 0.717) is 0 Å². The number of halogens is 3. The molecule has 1 rings (SSSR count). The molecule has 0 aliphatic carbocycles. The smallest absolute Gasteiger partial charge is 0.387 e. The molecule has 80 valence electrons. The quantitative estimate of drug-likeness (QED) is 0.852. The summed E-state index contributed by atoms with van der Waals surface area (Å²) in [7, 11) is 1.37. The average molecular weight is 227 g/mol. The molecule has 7 heteroatoms. The van der Waals surface area contributed by atoms with E-state index in [1.807, 2.05) is 0 Å². The molecule has 0 atom stereocenters. The summed E-state index contributed by atoms with van der Waals surface area (Å²) in [4.78, 5) is 3.69. The highest BCUT2D eigenvalue weighted by molar-refractivity contribution is 5.85. The fourth-order valence-corrected chi connectivity index (χ4v) is 0.739. The Morgan fingerprint density at radius 3 is 2.64 bits per heavy atom. The van der Waals surface area contributed by atoms with Crippen molar-refractivity contribution in [3.05, 3.63) is 12.3 Å². The van der Waals surface area contributed by atoms with Gasteiger partial charge in [0.05, 0.1) is 19.0 Å². The zero-order chi connectivity index (χ0) is 9.84. The number of alkyl halides is 2. The first-order chi connectivity index (χ1) is 6.13. The van der Waals surface area contributed by atoms with E-state index in [4.69, 9.17) is 10.5 Å². The summed E-state index contributed by atoms with van der Waals surface area (Å²) in [5.74, 6) is 0.0340. The molecule has 0 fully saturated rings. The molecule has 1 aromatic rings. The van der Waals surface area contributed by atoms with Gasteiger partial charge in [-0.05, 0) is 0 Å². The average Bonchev–Trinajstić information content (AvgIpc) is 2.08. The highest BCUT2D eigenvalue weighted by Crippen LogP contribution is 2.25. The van der Waals surface area contributed by atoms with Crippen LogP contribution in [0.15, 0.2) is 12.3 Å². The van der Waals surface area contributed by atoms with E-state index in [1.54, 1.807) is 0 Å². The lowest BCUT2D eigenvalue weighted by Gasteiger charge is -2.07. The molecule has 4 nitrogen and oxygen atoms in total. The molecule has 0 aromatic carbocycles. The van der Waals surface area contributed by atoms with Gasteiger partial charge in [0.15, 0.2) is 5.75 Å². The summed E-state index contributed by atoms with van der Waals surface area (Å²) in [6, 6.07) is 1.20. The zero-order valence-electron chi connectivity index (χ0n) is 7.24. The van der Waals surface area contributed by atoms with Crippen LogP contribution >= 0.6 is 12.4 Å². The number of rotatable bonds is 3. The minimum atomic E-state index is -2.91. The molecular weight excluding hydrogens is 218 g/mol. The number of hydrogen-bond acceptors (Lipinski definition) is 4. The topological polar surface area (TPSA) is 57.4 Å². The van der Waals surface area contributed by atoms with E-state index in [9.17, 15) is 8.78 Å². The van der Waals surface area contributed by atoms with Gasteiger partial charge in [-0.25, -0.2) is 4.98 Å². The number of hydrogen-bond donors (Lipinski definition) is 1. The van der Waals surface area contributed by atoms with Gasteiger partial charge in [0, 0.05) is 6.07 Å². The molecule has 0 bridgehead atoms. The van der Waals surface area contributed by atoms with Crippen LogP contribution in [0, 0.1) is 0 Å². The number of nitrogen functional groups attached to an aromatic ring is 1. The van der Waals surface area contributed by atoms with E-state index in [0.717, 1.165) is 0 Å². The molecule has 2 N–H and O–H groups in total. The maximum Gasteiger partial charge on any atom is 0.387 e. The van der Waals surface area contributed by atoms with Crippen LogP contribution in [-0.2, 0) is 0 Å². The molecular formula is C7H9ClF2N2O2. The summed E-state index contributed by atoms with van der Waals surface area (Å²) in [6.45, 7) is -2.91. The molecule has 0 spiro atoms. The van der Waals surface area contributed by atoms with Gasteiger partial charge in [-0.15, -0.1) is 12.4 Å². The van der Waals surface area contributed by atoms with Gasteiger partial charge < -0.3 is 15.2 Å². The normalized spacial score (nSPS) is 9.43. The number of aromatic nitrogens is 1. The van der Waals surface area contributed by atoms with Crippen molar-refractivity contribution in [3.8, 4) is 11.6 Å². The van der Waals surface area contributed by atoms with Crippen molar-refractivity contribution in [2.45, 2.75) is 6.61 Å². The lowest BCUT2D eigenvalue weighted by molar-refractivity contribution is -0.0494. The SMILES string of the molecule is COc1cc(OC(F)F)c(N)cn1.Cl. The van der Waals surface area contributed by atoms with Gasteiger partial charge in [-0.3, -0.25) is 0 Å². The van der Waals surface area contributed by atoms with E-state index < -0.39 is 6.61 Å². The third kappa shape index (κ3) is 3.21.